The number of hydrogen-bond acceptors (Lipinski definition) is 2. The molecular weight excluding hydrogens is 414 g/mol. The summed E-state index contributed by atoms with van der Waals surface area (Å²) in [6.45, 7) is 6.23. The van der Waals surface area contributed by atoms with E-state index >= 15 is 0 Å². The lowest BCUT2D eigenvalue weighted by molar-refractivity contribution is -0.141. The van der Waals surface area contributed by atoms with Crippen LogP contribution in [-0.4, -0.2) is 34.1 Å². The van der Waals surface area contributed by atoms with E-state index in [1.54, 1.807) is 0 Å². The van der Waals surface area contributed by atoms with Crippen LogP contribution in [0.25, 0.3) is 0 Å². The third-order valence-electron chi connectivity index (χ3n) is 4.28. The summed E-state index contributed by atoms with van der Waals surface area (Å²) >= 11 is 12.7. The molecule has 0 radical (unpaired) electrons. The van der Waals surface area contributed by atoms with E-state index in [4.69, 9.17) is 23.2 Å². The monoisotopic (exact) mass is 437 g/mol. The summed E-state index contributed by atoms with van der Waals surface area (Å²) in [5, 5.41) is 6.50. The van der Waals surface area contributed by atoms with Crippen molar-refractivity contribution in [2.75, 3.05) is 13.1 Å². The largest absolute Gasteiger partial charge is 0.433 e. The predicted molar refractivity (Wildman–Crippen MR) is 104 cm³/mol. The Bertz CT molecular complexity index is 776. The molecule has 1 aromatic rings. The van der Waals surface area contributed by atoms with Gasteiger partial charge in [-0.05, 0) is 36.7 Å². The summed E-state index contributed by atoms with van der Waals surface area (Å²) < 4.78 is 39.5. The molecule has 0 bridgehead atoms. The maximum absolute atomic E-state index is 13.2. The van der Waals surface area contributed by atoms with Gasteiger partial charge in [-0.25, -0.2) is 0 Å². The molecule has 0 saturated carbocycles. The lowest BCUT2D eigenvalue weighted by atomic mass is 9.95. The zero-order chi connectivity index (χ0) is 21.1. The van der Waals surface area contributed by atoms with Gasteiger partial charge in [0.05, 0.1) is 11.8 Å². The summed E-state index contributed by atoms with van der Waals surface area (Å²) in [6, 6.07) is 0. The smallest absolute Gasteiger partial charge is 0.338 e. The Balaban J connectivity index is 2.28. The third kappa shape index (κ3) is 6.01. The fraction of sp³-hybridized carbons (Fsp3) is 0.579. The molecule has 0 unspecified atom stereocenters. The highest BCUT2D eigenvalue weighted by atomic mass is 35.5. The van der Waals surface area contributed by atoms with Gasteiger partial charge < -0.3 is 4.90 Å². The molecule has 9 heteroatoms. The number of allylic oxidation sites excluding steroid dienone is 3. The Morgan fingerprint density at radius 3 is 2.57 bits per heavy atom. The van der Waals surface area contributed by atoms with E-state index in [9.17, 15) is 18.0 Å². The molecule has 1 amide bonds. The predicted octanol–water partition coefficient (Wildman–Crippen LogP) is 6.11. The maximum Gasteiger partial charge on any atom is 0.433 e. The van der Waals surface area contributed by atoms with E-state index in [0.29, 0.717) is 22.9 Å². The minimum Gasteiger partial charge on any atom is -0.338 e. The Kier molecular flexibility index (Phi) is 7.26. The van der Waals surface area contributed by atoms with E-state index < -0.39 is 23.3 Å². The van der Waals surface area contributed by atoms with Crippen LogP contribution in [0.2, 0.25) is 0 Å². The summed E-state index contributed by atoms with van der Waals surface area (Å²) in [7, 11) is 0. The fourth-order valence-corrected chi connectivity index (χ4v) is 3.75. The maximum atomic E-state index is 13.2. The summed E-state index contributed by atoms with van der Waals surface area (Å²) in [6.07, 6.45) is 0.881. The first-order valence-corrected chi connectivity index (χ1v) is 9.79. The average Bonchev–Trinajstić information content (AvgIpc) is 3.00. The van der Waals surface area contributed by atoms with Gasteiger partial charge in [0.15, 0.2) is 5.69 Å². The Morgan fingerprint density at radius 1 is 1.29 bits per heavy atom. The van der Waals surface area contributed by atoms with E-state index in [1.807, 2.05) is 31.9 Å². The normalized spacial score (nSPS) is 16.1. The molecule has 1 N–H and O–H groups in total. The lowest BCUT2D eigenvalue weighted by Gasteiger charge is -2.30. The number of aromatic amines is 1. The third-order valence-corrected chi connectivity index (χ3v) is 5.08. The molecule has 28 heavy (non-hydrogen) atoms. The van der Waals surface area contributed by atoms with Crippen molar-refractivity contribution < 1.29 is 18.0 Å². The molecule has 0 aromatic carbocycles. The number of nitrogens with zero attached hydrogens (tertiary/aromatic N) is 2. The highest BCUT2D eigenvalue weighted by Gasteiger charge is 2.39. The molecule has 1 aliphatic rings. The van der Waals surface area contributed by atoms with Crippen molar-refractivity contribution in [3.63, 3.8) is 0 Å². The van der Waals surface area contributed by atoms with Crippen LogP contribution in [-0.2, 0) is 6.18 Å². The van der Waals surface area contributed by atoms with Gasteiger partial charge in [0.2, 0.25) is 0 Å². The van der Waals surface area contributed by atoms with Gasteiger partial charge in [-0.1, -0.05) is 50.0 Å². The number of H-pyrrole nitrogens is 1. The SMILES string of the molecule is CC(C)(C)CN(CCC1=C(Cl)CCCC=C1Cl)C(=O)c1cn[nH]c1C(F)(F)F. The summed E-state index contributed by atoms with van der Waals surface area (Å²) in [5.74, 6) is -0.721. The van der Waals surface area contributed by atoms with Crippen molar-refractivity contribution in [3.05, 3.63) is 39.2 Å². The molecule has 4 nitrogen and oxygen atoms in total. The molecule has 1 aromatic heterocycles. The molecule has 2 rings (SSSR count). The van der Waals surface area contributed by atoms with Crippen LogP contribution in [0.4, 0.5) is 13.2 Å². The molecule has 0 saturated heterocycles. The van der Waals surface area contributed by atoms with E-state index in [0.717, 1.165) is 24.6 Å². The second-order valence-electron chi connectivity index (χ2n) is 8.02. The lowest BCUT2D eigenvalue weighted by Crippen LogP contribution is -2.39. The Labute approximate surface area is 172 Å². The van der Waals surface area contributed by atoms with Gasteiger partial charge >= 0.3 is 6.18 Å². The number of alkyl halides is 3. The first-order chi connectivity index (χ1) is 12.9. The van der Waals surface area contributed by atoms with Crippen LogP contribution in [0.3, 0.4) is 0 Å². The number of amides is 1. The van der Waals surface area contributed by atoms with Crippen molar-refractivity contribution >= 4 is 29.1 Å². The minimum atomic E-state index is -4.69. The molecule has 1 heterocycles. The van der Waals surface area contributed by atoms with Gasteiger partial charge in [0, 0.05) is 23.2 Å². The van der Waals surface area contributed by atoms with Crippen LogP contribution in [0.5, 0.6) is 0 Å². The molecule has 0 spiro atoms. The summed E-state index contributed by atoms with van der Waals surface area (Å²) in [4.78, 5) is 14.3. The molecule has 1 aliphatic carbocycles. The van der Waals surface area contributed by atoms with Crippen LogP contribution in [0.1, 0.15) is 62.5 Å². The molecule has 0 aliphatic heterocycles. The molecule has 0 atom stereocenters. The van der Waals surface area contributed by atoms with Crippen LogP contribution in [0.15, 0.2) is 27.9 Å². The van der Waals surface area contributed by atoms with Gasteiger partial charge in [-0.3, -0.25) is 9.89 Å². The number of halogens is 5. The highest BCUT2D eigenvalue weighted by Crippen LogP contribution is 2.33. The van der Waals surface area contributed by atoms with Gasteiger partial charge in [0.25, 0.3) is 5.91 Å². The number of carbonyl (C=O) groups is 1. The van der Waals surface area contributed by atoms with Crippen molar-refractivity contribution in [1.82, 2.24) is 15.1 Å². The molecular formula is C19H24Cl2F3N3O. The second-order valence-corrected chi connectivity index (χ2v) is 8.88. The average molecular weight is 438 g/mol. The number of rotatable bonds is 5. The number of carbonyl (C=O) groups excluding carboxylic acids is 1. The first kappa shape index (κ1) is 22.8. The molecule has 156 valence electrons. The Hall–Kier alpha value is -1.47. The number of hydrogen-bond donors (Lipinski definition) is 1. The zero-order valence-corrected chi connectivity index (χ0v) is 17.6. The zero-order valence-electron chi connectivity index (χ0n) is 16.1. The minimum absolute atomic E-state index is 0.203. The van der Waals surface area contributed by atoms with E-state index in [2.05, 4.69) is 5.10 Å². The quantitative estimate of drug-likeness (QED) is 0.604. The van der Waals surface area contributed by atoms with Crippen LogP contribution >= 0.6 is 23.2 Å². The van der Waals surface area contributed by atoms with Crippen molar-refractivity contribution in [2.24, 2.45) is 5.41 Å². The number of nitrogens with one attached hydrogen (secondary N) is 1. The van der Waals surface area contributed by atoms with Crippen molar-refractivity contribution in [2.45, 2.75) is 52.6 Å². The van der Waals surface area contributed by atoms with Crippen molar-refractivity contribution in [1.29, 1.82) is 0 Å². The van der Waals surface area contributed by atoms with Crippen molar-refractivity contribution in [3.8, 4) is 0 Å². The fourth-order valence-electron chi connectivity index (χ4n) is 3.05. The number of aromatic nitrogens is 2. The highest BCUT2D eigenvalue weighted by molar-refractivity contribution is 6.35. The van der Waals surface area contributed by atoms with E-state index in [-0.39, 0.29) is 18.5 Å². The van der Waals surface area contributed by atoms with Gasteiger partial charge in [-0.15, -0.1) is 0 Å². The van der Waals surface area contributed by atoms with Crippen LogP contribution < -0.4 is 0 Å². The van der Waals surface area contributed by atoms with Gasteiger partial charge in [-0.2, -0.15) is 18.3 Å². The Morgan fingerprint density at radius 2 is 1.96 bits per heavy atom. The van der Waals surface area contributed by atoms with Crippen LogP contribution in [0, 0.1) is 5.41 Å². The summed E-state index contributed by atoms with van der Waals surface area (Å²) in [5.41, 5.74) is -1.19. The topological polar surface area (TPSA) is 49.0 Å². The first-order valence-electron chi connectivity index (χ1n) is 9.03. The van der Waals surface area contributed by atoms with E-state index in [1.165, 1.54) is 4.90 Å². The standard InChI is InChI=1S/C19H24Cl2F3N3O/c1-18(2,3)11-27(9-8-12-14(20)6-4-5-7-15(12)21)17(28)13-10-25-26-16(13)19(22,23)24/h6,10H,4-5,7-9,11H2,1-3H3,(H,25,26). The second kappa shape index (κ2) is 8.91. The van der Waals surface area contributed by atoms with Gasteiger partial charge in [0.1, 0.15) is 0 Å². The molecule has 0 fully saturated rings.